The summed E-state index contributed by atoms with van der Waals surface area (Å²) in [6.45, 7) is 5.04. The molecule has 0 aliphatic rings. The Morgan fingerprint density at radius 3 is 2.37 bits per heavy atom. The molecule has 0 heterocycles. The summed E-state index contributed by atoms with van der Waals surface area (Å²) in [5, 5.41) is 8.90. The van der Waals surface area contributed by atoms with E-state index >= 15 is 0 Å². The molecule has 0 radical (unpaired) electrons. The molecule has 0 aliphatic carbocycles. The van der Waals surface area contributed by atoms with Crippen molar-refractivity contribution in [1.29, 1.82) is 0 Å². The Labute approximate surface area is 121 Å². The molecule has 5 nitrogen and oxygen atoms in total. The third kappa shape index (κ3) is 8.93. The number of thioether (sulfide) groups is 2. The van der Waals surface area contributed by atoms with Gasteiger partial charge in [-0.05, 0) is 12.2 Å². The molecule has 0 bridgehead atoms. The number of carbonyl (C=O) groups excluding carboxylic acids is 2. The van der Waals surface area contributed by atoms with E-state index in [1.165, 1.54) is 18.7 Å². The lowest BCUT2D eigenvalue weighted by atomic mass is 10.2. The van der Waals surface area contributed by atoms with Gasteiger partial charge in [0.2, 0.25) is 6.10 Å². The average Bonchev–Trinajstić information content (AvgIpc) is 2.34. The second-order valence-electron chi connectivity index (χ2n) is 4.04. The zero-order chi connectivity index (χ0) is 14.8. The van der Waals surface area contributed by atoms with Gasteiger partial charge in [0.05, 0.1) is 5.92 Å². The van der Waals surface area contributed by atoms with E-state index in [1.807, 2.05) is 6.92 Å². The van der Waals surface area contributed by atoms with Crippen LogP contribution in [0.25, 0.3) is 0 Å². The molecule has 0 rings (SSSR count). The zero-order valence-corrected chi connectivity index (χ0v) is 13.0. The first-order chi connectivity index (χ1) is 8.88. The van der Waals surface area contributed by atoms with Gasteiger partial charge in [-0.3, -0.25) is 9.59 Å². The van der Waals surface area contributed by atoms with Crippen LogP contribution in [0.3, 0.4) is 0 Å². The van der Waals surface area contributed by atoms with Crippen LogP contribution in [0, 0.1) is 5.92 Å². The highest BCUT2D eigenvalue weighted by Crippen LogP contribution is 2.14. The lowest BCUT2D eigenvalue weighted by molar-refractivity contribution is -0.164. The molecule has 0 aliphatic heterocycles. The highest BCUT2D eigenvalue weighted by atomic mass is 32.2. The number of carbonyl (C=O) groups is 3. The summed E-state index contributed by atoms with van der Waals surface area (Å²) in [6, 6.07) is 0. The van der Waals surface area contributed by atoms with Crippen LogP contribution in [0.2, 0.25) is 0 Å². The van der Waals surface area contributed by atoms with Gasteiger partial charge in [-0.15, -0.1) is 0 Å². The molecule has 1 unspecified atom stereocenters. The van der Waals surface area contributed by atoms with Crippen LogP contribution >= 0.6 is 23.5 Å². The number of esters is 1. The van der Waals surface area contributed by atoms with Crippen molar-refractivity contribution in [1.82, 2.24) is 0 Å². The zero-order valence-electron chi connectivity index (χ0n) is 11.4. The summed E-state index contributed by atoms with van der Waals surface area (Å²) < 4.78 is 4.97. The van der Waals surface area contributed by atoms with E-state index in [1.54, 1.807) is 6.92 Å². The van der Waals surface area contributed by atoms with Gasteiger partial charge < -0.3 is 9.84 Å². The average molecular weight is 308 g/mol. The van der Waals surface area contributed by atoms with Crippen molar-refractivity contribution in [3.63, 3.8) is 0 Å². The van der Waals surface area contributed by atoms with Crippen molar-refractivity contribution in [3.8, 4) is 0 Å². The minimum atomic E-state index is -1.14. The third-order valence-corrected chi connectivity index (χ3v) is 4.40. The van der Waals surface area contributed by atoms with Crippen molar-refractivity contribution in [2.24, 2.45) is 5.92 Å². The number of rotatable bonds is 9. The van der Waals surface area contributed by atoms with Crippen LogP contribution in [0.1, 0.15) is 27.2 Å². The van der Waals surface area contributed by atoms with E-state index in [0.29, 0.717) is 5.75 Å². The van der Waals surface area contributed by atoms with E-state index in [0.717, 1.165) is 23.9 Å². The monoisotopic (exact) mass is 308 g/mol. The molecule has 0 saturated carbocycles. The molecule has 0 amide bonds. The summed E-state index contributed by atoms with van der Waals surface area (Å²) in [6.07, 6.45) is -0.176. The Kier molecular flexibility index (Phi) is 9.77. The first-order valence-electron chi connectivity index (χ1n) is 6.02. The van der Waals surface area contributed by atoms with Gasteiger partial charge in [0.15, 0.2) is 5.12 Å². The fourth-order valence-electron chi connectivity index (χ4n) is 1.06. The van der Waals surface area contributed by atoms with Crippen molar-refractivity contribution >= 4 is 40.6 Å². The van der Waals surface area contributed by atoms with Crippen molar-refractivity contribution < 1.29 is 24.2 Å². The normalized spacial score (nSPS) is 13.6. The van der Waals surface area contributed by atoms with Gasteiger partial charge in [0.25, 0.3) is 0 Å². The quantitative estimate of drug-likeness (QED) is 0.515. The highest BCUT2D eigenvalue weighted by Gasteiger charge is 2.25. The van der Waals surface area contributed by atoms with Crippen LogP contribution in [0.4, 0.5) is 0 Å². The summed E-state index contributed by atoms with van der Waals surface area (Å²) in [5.41, 5.74) is 0. The molecule has 0 aromatic rings. The Morgan fingerprint density at radius 1 is 1.26 bits per heavy atom. The number of hydrogen-bond donors (Lipinski definition) is 1. The molecule has 0 fully saturated rings. The fraction of sp³-hybridized carbons (Fsp3) is 0.750. The number of aliphatic carboxylic acids is 1. The predicted octanol–water partition coefficient (Wildman–Crippen LogP) is 2.04. The van der Waals surface area contributed by atoms with Crippen LogP contribution in [0.15, 0.2) is 0 Å². The van der Waals surface area contributed by atoms with E-state index in [9.17, 15) is 14.4 Å². The van der Waals surface area contributed by atoms with Crippen molar-refractivity contribution in [2.45, 2.75) is 33.3 Å². The van der Waals surface area contributed by atoms with Gasteiger partial charge in [0.1, 0.15) is 0 Å². The molecule has 1 N–H and O–H groups in total. The summed E-state index contributed by atoms with van der Waals surface area (Å²) in [5.74, 6) is -0.810. The Balaban J connectivity index is 4.21. The van der Waals surface area contributed by atoms with Gasteiger partial charge >= 0.3 is 11.9 Å². The summed E-state index contributed by atoms with van der Waals surface area (Å²) >= 11 is 2.48. The number of carboxylic acids is 1. The predicted molar refractivity (Wildman–Crippen MR) is 77.4 cm³/mol. The van der Waals surface area contributed by atoms with E-state index in [4.69, 9.17) is 9.84 Å². The molecular formula is C12H20O5S2. The smallest absolute Gasteiger partial charge is 0.345 e. The molecule has 19 heavy (non-hydrogen) atoms. The van der Waals surface area contributed by atoms with Gasteiger partial charge in [-0.2, -0.15) is 11.8 Å². The van der Waals surface area contributed by atoms with Crippen LogP contribution < -0.4 is 0 Å². The SMILES string of the molecule is CCCSCC(OC(=O)[C@@H](C)CSC(C)=O)C(=O)O. The third-order valence-electron chi connectivity index (χ3n) is 2.09. The van der Waals surface area contributed by atoms with Crippen molar-refractivity contribution in [3.05, 3.63) is 0 Å². The Bertz CT molecular complexity index is 319. The van der Waals surface area contributed by atoms with E-state index < -0.39 is 24.0 Å². The first kappa shape index (κ1) is 18.3. The lowest BCUT2D eigenvalue weighted by Crippen LogP contribution is -2.32. The molecule has 0 aromatic carbocycles. The Hall–Kier alpha value is -0.690. The maximum atomic E-state index is 11.7. The molecular weight excluding hydrogens is 288 g/mol. The van der Waals surface area contributed by atoms with E-state index in [2.05, 4.69) is 0 Å². The number of carboxylic acid groups (broad SMARTS) is 1. The fourth-order valence-corrected chi connectivity index (χ4v) is 2.56. The minimum Gasteiger partial charge on any atom is -0.478 e. The molecule has 7 heteroatoms. The maximum Gasteiger partial charge on any atom is 0.345 e. The summed E-state index contributed by atoms with van der Waals surface area (Å²) in [7, 11) is 0. The van der Waals surface area contributed by atoms with Crippen LogP contribution in [-0.4, -0.2) is 45.5 Å². The van der Waals surface area contributed by atoms with Crippen molar-refractivity contribution in [2.75, 3.05) is 17.3 Å². The second-order valence-corrected chi connectivity index (χ2v) is 6.39. The standard InChI is InChI=1S/C12H20O5S2/c1-4-5-18-7-10(11(14)15)17-12(16)8(2)6-19-9(3)13/h8,10H,4-7H2,1-3H3,(H,14,15)/t8-,10?/m0/s1. The van der Waals surface area contributed by atoms with E-state index in [-0.39, 0.29) is 10.9 Å². The van der Waals surface area contributed by atoms with Crippen LogP contribution in [0.5, 0.6) is 0 Å². The molecule has 110 valence electrons. The van der Waals surface area contributed by atoms with Gasteiger partial charge in [-0.25, -0.2) is 4.79 Å². The molecule has 0 spiro atoms. The lowest BCUT2D eigenvalue weighted by Gasteiger charge is -2.16. The largest absolute Gasteiger partial charge is 0.478 e. The second kappa shape index (κ2) is 10.1. The first-order valence-corrected chi connectivity index (χ1v) is 8.16. The molecule has 0 saturated heterocycles. The maximum absolute atomic E-state index is 11.7. The summed E-state index contributed by atoms with van der Waals surface area (Å²) in [4.78, 5) is 33.4. The topological polar surface area (TPSA) is 80.7 Å². The van der Waals surface area contributed by atoms with Crippen LogP contribution in [-0.2, 0) is 19.1 Å². The Morgan fingerprint density at radius 2 is 1.89 bits per heavy atom. The minimum absolute atomic E-state index is 0.0760. The molecule has 0 aromatic heterocycles. The van der Waals surface area contributed by atoms with Gasteiger partial charge in [-0.1, -0.05) is 25.6 Å². The number of hydrogen-bond acceptors (Lipinski definition) is 6. The van der Waals surface area contributed by atoms with Gasteiger partial charge in [0, 0.05) is 18.4 Å². The highest BCUT2D eigenvalue weighted by molar-refractivity contribution is 8.13. The molecule has 2 atom stereocenters. The number of ether oxygens (including phenoxy) is 1.